The summed E-state index contributed by atoms with van der Waals surface area (Å²) >= 11 is 0. The van der Waals surface area contributed by atoms with Gasteiger partial charge in [0, 0.05) is 6.42 Å². The van der Waals surface area contributed by atoms with Crippen molar-refractivity contribution in [1.29, 1.82) is 0 Å². The van der Waals surface area contributed by atoms with Gasteiger partial charge in [0.15, 0.2) is 0 Å². The highest BCUT2D eigenvalue weighted by Gasteiger charge is 1.99. The number of carboxylic acid groups (broad SMARTS) is 2. The second-order valence-corrected chi connectivity index (χ2v) is 2.27. The Kier molecular flexibility index (Phi) is 8.99. The van der Waals surface area contributed by atoms with Crippen molar-refractivity contribution in [1.82, 2.24) is 0 Å². The van der Waals surface area contributed by atoms with Crippen LogP contribution in [0.5, 0.6) is 0 Å². The summed E-state index contributed by atoms with van der Waals surface area (Å²) in [6.45, 7) is 3.26. The van der Waals surface area contributed by atoms with Crippen molar-refractivity contribution in [3.05, 3.63) is 0 Å². The lowest BCUT2D eigenvalue weighted by atomic mass is 10.4. The second kappa shape index (κ2) is 8.00. The van der Waals surface area contributed by atoms with E-state index in [-0.39, 0.29) is 0 Å². The van der Waals surface area contributed by atoms with E-state index in [0.717, 1.165) is 6.42 Å². The summed E-state index contributed by atoms with van der Waals surface area (Å²) in [4.78, 5) is 19.2. The van der Waals surface area contributed by atoms with Gasteiger partial charge in [-0.1, -0.05) is 6.92 Å². The third-order valence-electron chi connectivity index (χ3n) is 0.853. The van der Waals surface area contributed by atoms with Crippen LogP contribution in [0.2, 0.25) is 0 Å². The molecule has 0 radical (unpaired) electrons. The number of hydrogen-bond acceptors (Lipinski definition) is 3. The fraction of sp³-hybridized carbons (Fsp3) is 0.714. The van der Waals surface area contributed by atoms with Crippen molar-refractivity contribution in [3.63, 3.8) is 0 Å². The first-order valence-electron chi connectivity index (χ1n) is 3.62. The Hall–Kier alpha value is -1.10. The molecule has 0 saturated heterocycles. The first kappa shape index (κ1) is 13.5. The quantitative estimate of drug-likeness (QED) is 0.575. The van der Waals surface area contributed by atoms with Gasteiger partial charge in [-0.25, -0.2) is 0 Å². The van der Waals surface area contributed by atoms with E-state index in [0.29, 0.717) is 6.42 Å². The zero-order chi connectivity index (χ0) is 10.1. The fourth-order valence-corrected chi connectivity index (χ4v) is 0.214. The van der Waals surface area contributed by atoms with Crippen LogP contribution in [0.4, 0.5) is 0 Å². The number of rotatable bonds is 3. The van der Waals surface area contributed by atoms with Crippen molar-refractivity contribution >= 4 is 11.9 Å². The maximum absolute atomic E-state index is 9.60. The standard InChI is InChI=1S/C4H8O2.C3H7NO2/c1-2-3-4(5)6;1-2(4)3(5)6/h2-3H2,1H3,(H,5,6);2H,4H2,1H3,(H,5,6)/t;2-/m.0/s1. The Labute approximate surface area is 71.2 Å². The average Bonchev–Trinajstić information content (AvgIpc) is 1.87. The van der Waals surface area contributed by atoms with Crippen LogP contribution in [0.3, 0.4) is 0 Å². The van der Waals surface area contributed by atoms with E-state index in [1.807, 2.05) is 6.92 Å². The van der Waals surface area contributed by atoms with Crippen LogP contribution in [0.15, 0.2) is 0 Å². The molecule has 12 heavy (non-hydrogen) atoms. The molecule has 0 aromatic carbocycles. The van der Waals surface area contributed by atoms with Gasteiger partial charge in [0.05, 0.1) is 0 Å². The normalized spacial score (nSPS) is 10.9. The summed E-state index contributed by atoms with van der Waals surface area (Å²) in [6.07, 6.45) is 1.02. The molecule has 0 aliphatic carbocycles. The summed E-state index contributed by atoms with van der Waals surface area (Å²) in [7, 11) is 0. The van der Waals surface area contributed by atoms with Crippen molar-refractivity contribution in [3.8, 4) is 0 Å². The molecule has 0 fully saturated rings. The first-order chi connectivity index (χ1) is 5.41. The van der Waals surface area contributed by atoms with E-state index in [4.69, 9.17) is 15.9 Å². The largest absolute Gasteiger partial charge is 0.481 e. The van der Waals surface area contributed by atoms with Gasteiger partial charge in [-0.15, -0.1) is 0 Å². The van der Waals surface area contributed by atoms with E-state index >= 15 is 0 Å². The molecule has 1 atom stereocenters. The number of nitrogens with two attached hydrogens (primary N) is 1. The Bertz CT molecular complexity index is 144. The molecule has 0 aliphatic rings. The molecule has 0 aromatic rings. The smallest absolute Gasteiger partial charge is 0.320 e. The Morgan fingerprint density at radius 3 is 1.75 bits per heavy atom. The summed E-state index contributed by atoms with van der Waals surface area (Å²) in [5.74, 6) is -1.67. The predicted molar refractivity (Wildman–Crippen MR) is 43.8 cm³/mol. The molecule has 0 heterocycles. The van der Waals surface area contributed by atoms with Crippen LogP contribution in [0, 0.1) is 0 Å². The number of carbonyl (C=O) groups is 2. The van der Waals surface area contributed by atoms with Crippen LogP contribution in [-0.2, 0) is 9.59 Å². The molecule has 4 N–H and O–H groups in total. The van der Waals surface area contributed by atoms with Gasteiger partial charge < -0.3 is 15.9 Å². The zero-order valence-electron chi connectivity index (χ0n) is 7.28. The molecule has 5 nitrogen and oxygen atoms in total. The lowest BCUT2D eigenvalue weighted by molar-refractivity contribution is -0.138. The summed E-state index contributed by atoms with van der Waals surface area (Å²) < 4.78 is 0. The van der Waals surface area contributed by atoms with Crippen LogP contribution in [-0.4, -0.2) is 28.2 Å². The molecule has 0 rings (SSSR count). The molecule has 0 bridgehead atoms. The second-order valence-electron chi connectivity index (χ2n) is 2.27. The average molecular weight is 177 g/mol. The topological polar surface area (TPSA) is 101 Å². The van der Waals surface area contributed by atoms with E-state index in [2.05, 4.69) is 0 Å². The molecule has 72 valence electrons. The highest BCUT2D eigenvalue weighted by atomic mass is 16.4. The molecular weight excluding hydrogens is 162 g/mol. The van der Waals surface area contributed by atoms with Crippen molar-refractivity contribution in [2.24, 2.45) is 5.73 Å². The fourth-order valence-electron chi connectivity index (χ4n) is 0.214. The maximum Gasteiger partial charge on any atom is 0.320 e. The number of aliphatic carboxylic acids is 2. The number of hydrogen-bond donors (Lipinski definition) is 3. The Morgan fingerprint density at radius 1 is 1.42 bits per heavy atom. The van der Waals surface area contributed by atoms with Crippen molar-refractivity contribution in [2.75, 3.05) is 0 Å². The van der Waals surface area contributed by atoms with E-state index in [1.165, 1.54) is 6.92 Å². The van der Waals surface area contributed by atoms with Crippen LogP contribution in [0.25, 0.3) is 0 Å². The molecule has 0 aromatic heterocycles. The minimum Gasteiger partial charge on any atom is -0.481 e. The van der Waals surface area contributed by atoms with E-state index in [9.17, 15) is 9.59 Å². The Balaban J connectivity index is 0. The van der Waals surface area contributed by atoms with E-state index in [1.54, 1.807) is 0 Å². The van der Waals surface area contributed by atoms with Gasteiger partial charge in [-0.05, 0) is 13.3 Å². The van der Waals surface area contributed by atoms with Crippen LogP contribution in [0.1, 0.15) is 26.7 Å². The van der Waals surface area contributed by atoms with Gasteiger partial charge in [-0.3, -0.25) is 9.59 Å². The molecule has 0 aliphatic heterocycles. The summed E-state index contributed by atoms with van der Waals surface area (Å²) in [5, 5.41) is 15.8. The van der Waals surface area contributed by atoms with E-state index < -0.39 is 18.0 Å². The van der Waals surface area contributed by atoms with Gasteiger partial charge in [0.25, 0.3) is 0 Å². The molecule has 0 amide bonds. The third kappa shape index (κ3) is 16.0. The molecule has 0 saturated carbocycles. The van der Waals surface area contributed by atoms with Gasteiger partial charge in [-0.2, -0.15) is 0 Å². The minimum absolute atomic E-state index is 0.292. The molecule has 0 unspecified atom stereocenters. The Morgan fingerprint density at radius 2 is 1.75 bits per heavy atom. The number of carboxylic acids is 2. The predicted octanol–water partition coefficient (Wildman–Crippen LogP) is 0.289. The minimum atomic E-state index is -0.963. The van der Waals surface area contributed by atoms with Gasteiger partial charge in [0.1, 0.15) is 6.04 Å². The van der Waals surface area contributed by atoms with Gasteiger partial charge >= 0.3 is 11.9 Å². The lowest BCUT2D eigenvalue weighted by Crippen LogP contribution is -2.25. The monoisotopic (exact) mass is 177 g/mol. The van der Waals surface area contributed by atoms with Crippen molar-refractivity contribution in [2.45, 2.75) is 32.7 Å². The van der Waals surface area contributed by atoms with Crippen LogP contribution < -0.4 is 5.73 Å². The molecule has 0 spiro atoms. The highest BCUT2D eigenvalue weighted by Crippen LogP contribution is 1.82. The zero-order valence-corrected chi connectivity index (χ0v) is 7.28. The third-order valence-corrected chi connectivity index (χ3v) is 0.853. The maximum atomic E-state index is 9.60. The molecule has 5 heteroatoms. The molecular formula is C7H15NO4. The SMILES string of the molecule is CCCC(=O)O.C[C@H](N)C(=O)O. The highest BCUT2D eigenvalue weighted by molar-refractivity contribution is 5.72. The van der Waals surface area contributed by atoms with Crippen molar-refractivity contribution < 1.29 is 19.8 Å². The summed E-state index contributed by atoms with van der Waals surface area (Å²) in [6, 6.07) is -0.731. The lowest BCUT2D eigenvalue weighted by Gasteiger charge is -1.90. The first-order valence-corrected chi connectivity index (χ1v) is 3.62. The van der Waals surface area contributed by atoms with Crippen LogP contribution >= 0.6 is 0 Å². The summed E-state index contributed by atoms with van der Waals surface area (Å²) in [5.41, 5.74) is 4.84. The van der Waals surface area contributed by atoms with Gasteiger partial charge in [0.2, 0.25) is 0 Å².